The van der Waals surface area contributed by atoms with E-state index in [1.54, 1.807) is 0 Å². The first-order chi connectivity index (χ1) is 17.3. The van der Waals surface area contributed by atoms with Crippen LogP contribution < -0.4 is 5.32 Å². The van der Waals surface area contributed by atoms with E-state index in [0.29, 0.717) is 32.0 Å². The molecule has 3 aromatic carbocycles. The van der Waals surface area contributed by atoms with Gasteiger partial charge in [-0.2, -0.15) is 4.31 Å². The van der Waals surface area contributed by atoms with Crippen molar-refractivity contribution in [1.29, 1.82) is 0 Å². The van der Waals surface area contributed by atoms with Crippen LogP contribution in [0.15, 0.2) is 77.7 Å². The fraction of sp³-hybridized carbons (Fsp3) is 0.259. The van der Waals surface area contributed by atoms with E-state index in [0.717, 1.165) is 28.0 Å². The zero-order valence-electron chi connectivity index (χ0n) is 20.2. The third-order valence-electron chi connectivity index (χ3n) is 6.66. The van der Waals surface area contributed by atoms with Crippen LogP contribution in [0, 0.1) is 12.7 Å². The lowest BCUT2D eigenvalue weighted by Crippen LogP contribution is -2.49. The number of anilines is 2. The number of nitrogens with one attached hydrogen (secondary N) is 1. The molecule has 1 aromatic heterocycles. The van der Waals surface area contributed by atoms with E-state index < -0.39 is 15.8 Å². The van der Waals surface area contributed by atoms with Gasteiger partial charge in [0.15, 0.2) is 0 Å². The van der Waals surface area contributed by atoms with Gasteiger partial charge in [-0.15, -0.1) is 0 Å². The number of hydrogen-bond donors (Lipinski definition) is 1. The van der Waals surface area contributed by atoms with Crippen LogP contribution >= 0.6 is 0 Å². The highest BCUT2D eigenvalue weighted by Crippen LogP contribution is 2.29. The van der Waals surface area contributed by atoms with E-state index in [4.69, 9.17) is 9.97 Å². The molecule has 9 heteroatoms. The Kier molecular flexibility index (Phi) is 6.70. The van der Waals surface area contributed by atoms with E-state index in [2.05, 4.69) is 23.2 Å². The molecule has 1 atom stereocenters. The van der Waals surface area contributed by atoms with Crippen LogP contribution in [0.25, 0.3) is 10.9 Å². The quantitative estimate of drug-likeness (QED) is 0.402. The standard InChI is InChI=1S/C27H28FN5O2S/c1-19-7-3-5-9-24(19)29-27-23-8-4-6-10-25(23)30-26(31-27)20(2)32-15-17-33(18-16-32)36(34,35)22-13-11-21(28)12-14-22/h3-14,20H,15-18H2,1-2H3,(H,29,30,31)/t20-/m0/s1. The highest BCUT2D eigenvalue weighted by molar-refractivity contribution is 7.89. The molecule has 0 unspecified atom stereocenters. The minimum absolute atomic E-state index is 0.107. The summed E-state index contributed by atoms with van der Waals surface area (Å²) < 4.78 is 40.7. The molecule has 7 nitrogen and oxygen atoms in total. The largest absolute Gasteiger partial charge is 0.339 e. The van der Waals surface area contributed by atoms with Crippen LogP contribution in [0.3, 0.4) is 0 Å². The maximum Gasteiger partial charge on any atom is 0.243 e. The molecular weight excluding hydrogens is 477 g/mol. The van der Waals surface area contributed by atoms with Crippen molar-refractivity contribution in [3.63, 3.8) is 0 Å². The first kappa shape index (κ1) is 24.3. The molecule has 0 spiro atoms. The summed E-state index contributed by atoms with van der Waals surface area (Å²) in [6.45, 7) is 5.86. The summed E-state index contributed by atoms with van der Waals surface area (Å²) in [4.78, 5) is 12.0. The summed E-state index contributed by atoms with van der Waals surface area (Å²) in [5, 5.41) is 4.42. The fourth-order valence-corrected chi connectivity index (χ4v) is 5.89. The van der Waals surface area contributed by atoms with E-state index in [9.17, 15) is 12.8 Å². The predicted octanol–water partition coefficient (Wildman–Crippen LogP) is 4.89. The van der Waals surface area contributed by atoms with Gasteiger partial charge in [0.05, 0.1) is 16.5 Å². The van der Waals surface area contributed by atoms with Gasteiger partial charge >= 0.3 is 0 Å². The average Bonchev–Trinajstić information content (AvgIpc) is 2.90. The maximum atomic E-state index is 13.3. The Morgan fingerprint density at radius 1 is 0.889 bits per heavy atom. The van der Waals surface area contributed by atoms with E-state index in [1.807, 2.05) is 49.4 Å². The maximum absolute atomic E-state index is 13.3. The summed E-state index contributed by atoms with van der Waals surface area (Å²) in [7, 11) is -3.67. The number of para-hydroxylation sites is 2. The summed E-state index contributed by atoms with van der Waals surface area (Å²) in [5.74, 6) is 0.966. The summed E-state index contributed by atoms with van der Waals surface area (Å²) >= 11 is 0. The third-order valence-corrected chi connectivity index (χ3v) is 8.58. The number of fused-ring (bicyclic) bond motifs is 1. The van der Waals surface area contributed by atoms with Crippen LogP contribution in [0.5, 0.6) is 0 Å². The molecule has 36 heavy (non-hydrogen) atoms. The number of rotatable bonds is 6. The Labute approximate surface area is 210 Å². The molecular formula is C27H28FN5O2S. The molecule has 1 aliphatic rings. The summed E-state index contributed by atoms with van der Waals surface area (Å²) in [5.41, 5.74) is 2.95. The SMILES string of the molecule is Cc1ccccc1Nc1nc([C@H](C)N2CCN(S(=O)(=O)c3ccc(F)cc3)CC2)nc2ccccc12. The molecule has 0 saturated carbocycles. The molecule has 1 N–H and O–H groups in total. The van der Waals surface area contributed by atoms with Gasteiger partial charge in [-0.1, -0.05) is 30.3 Å². The van der Waals surface area contributed by atoms with Gasteiger partial charge in [-0.3, -0.25) is 4.90 Å². The van der Waals surface area contributed by atoms with Crippen molar-refractivity contribution in [2.75, 3.05) is 31.5 Å². The second kappa shape index (κ2) is 9.93. The Balaban J connectivity index is 1.37. The molecule has 1 aliphatic heterocycles. The Bertz CT molecular complexity index is 1490. The topological polar surface area (TPSA) is 78.4 Å². The minimum Gasteiger partial charge on any atom is -0.339 e. The molecule has 1 fully saturated rings. The number of sulfonamides is 1. The van der Waals surface area contributed by atoms with Crippen molar-refractivity contribution in [3.8, 4) is 0 Å². The molecule has 186 valence electrons. The van der Waals surface area contributed by atoms with Gasteiger partial charge < -0.3 is 5.32 Å². The average molecular weight is 506 g/mol. The van der Waals surface area contributed by atoms with Crippen LogP contribution in [0.4, 0.5) is 15.9 Å². The van der Waals surface area contributed by atoms with Crippen molar-refractivity contribution >= 4 is 32.4 Å². The molecule has 2 heterocycles. The zero-order chi connectivity index (χ0) is 25.3. The molecule has 5 rings (SSSR count). The number of aryl methyl sites for hydroxylation is 1. The van der Waals surface area contributed by atoms with Gasteiger partial charge in [-0.05, 0) is 61.9 Å². The van der Waals surface area contributed by atoms with Crippen molar-refractivity contribution in [2.45, 2.75) is 24.8 Å². The molecule has 0 aliphatic carbocycles. The lowest BCUT2D eigenvalue weighted by molar-refractivity contribution is 0.141. The predicted molar refractivity (Wildman–Crippen MR) is 139 cm³/mol. The van der Waals surface area contributed by atoms with Crippen molar-refractivity contribution in [3.05, 3.63) is 90.0 Å². The second-order valence-electron chi connectivity index (χ2n) is 8.96. The second-order valence-corrected chi connectivity index (χ2v) is 10.9. The Morgan fingerprint density at radius 3 is 2.28 bits per heavy atom. The number of benzene rings is 3. The number of aromatic nitrogens is 2. The van der Waals surface area contributed by atoms with Gasteiger partial charge in [-0.25, -0.2) is 22.8 Å². The molecule has 1 saturated heterocycles. The molecule has 0 bridgehead atoms. The van der Waals surface area contributed by atoms with Crippen molar-refractivity contribution < 1.29 is 12.8 Å². The van der Waals surface area contributed by atoms with Crippen molar-refractivity contribution in [2.24, 2.45) is 0 Å². The highest BCUT2D eigenvalue weighted by Gasteiger charge is 2.31. The van der Waals surface area contributed by atoms with Gasteiger partial charge in [0.1, 0.15) is 17.5 Å². The first-order valence-electron chi connectivity index (χ1n) is 11.9. The fourth-order valence-electron chi connectivity index (χ4n) is 4.47. The highest BCUT2D eigenvalue weighted by atomic mass is 32.2. The third kappa shape index (κ3) is 4.82. The van der Waals surface area contributed by atoms with Crippen LogP contribution in [-0.4, -0.2) is 53.8 Å². The minimum atomic E-state index is -3.67. The first-order valence-corrected chi connectivity index (χ1v) is 13.4. The van der Waals surface area contributed by atoms with Gasteiger partial charge in [0.25, 0.3) is 0 Å². The normalized spacial score (nSPS) is 16.2. The van der Waals surface area contributed by atoms with Crippen LogP contribution in [-0.2, 0) is 10.0 Å². The molecule has 4 aromatic rings. The van der Waals surface area contributed by atoms with Crippen molar-refractivity contribution in [1.82, 2.24) is 19.2 Å². The molecule has 0 radical (unpaired) electrons. The van der Waals surface area contributed by atoms with E-state index in [1.165, 1.54) is 28.6 Å². The van der Waals surface area contributed by atoms with Gasteiger partial charge in [0, 0.05) is 37.3 Å². The lowest BCUT2D eigenvalue weighted by Gasteiger charge is -2.36. The monoisotopic (exact) mass is 505 g/mol. The summed E-state index contributed by atoms with van der Waals surface area (Å²) in [6, 6.07) is 20.8. The number of piperazine rings is 1. The zero-order valence-corrected chi connectivity index (χ0v) is 21.0. The Morgan fingerprint density at radius 2 is 1.56 bits per heavy atom. The van der Waals surface area contributed by atoms with E-state index >= 15 is 0 Å². The van der Waals surface area contributed by atoms with E-state index in [-0.39, 0.29) is 10.9 Å². The smallest absolute Gasteiger partial charge is 0.243 e. The number of hydrogen-bond acceptors (Lipinski definition) is 6. The lowest BCUT2D eigenvalue weighted by atomic mass is 10.1. The van der Waals surface area contributed by atoms with Crippen LogP contribution in [0.1, 0.15) is 24.4 Å². The number of halogens is 1. The summed E-state index contributed by atoms with van der Waals surface area (Å²) in [6.07, 6.45) is 0. The number of nitrogens with zero attached hydrogens (tertiary/aromatic N) is 4. The Hall–Kier alpha value is -3.40. The van der Waals surface area contributed by atoms with Gasteiger partial charge in [0.2, 0.25) is 10.0 Å². The van der Waals surface area contributed by atoms with Crippen LogP contribution in [0.2, 0.25) is 0 Å². The molecule has 0 amide bonds.